The fourth-order valence-corrected chi connectivity index (χ4v) is 6.18. The summed E-state index contributed by atoms with van der Waals surface area (Å²) in [5, 5.41) is 23.7. The molecular weight excluding hydrogens is 555 g/mol. The summed E-state index contributed by atoms with van der Waals surface area (Å²) in [7, 11) is -16.8. The zero-order valence-corrected chi connectivity index (χ0v) is 21.0. The number of aliphatic hydroxyl groups excluding tert-OH is 2. The first-order valence-electron chi connectivity index (χ1n) is 10.1. The van der Waals surface area contributed by atoms with E-state index in [0.717, 1.165) is 23.7 Å². The van der Waals surface area contributed by atoms with E-state index >= 15 is 0 Å². The first-order chi connectivity index (χ1) is 16.6. The van der Waals surface area contributed by atoms with E-state index in [1.165, 1.54) is 0 Å². The van der Waals surface area contributed by atoms with Crippen LogP contribution in [0.5, 0.6) is 0 Å². The molecule has 0 amide bonds. The van der Waals surface area contributed by atoms with Gasteiger partial charge >= 0.3 is 23.5 Å². The fraction of sp³-hybridized carbons (Fsp3) is 0.643. The number of ether oxygens (including phenoxy) is 1. The molecule has 22 heteroatoms. The van der Waals surface area contributed by atoms with Crippen LogP contribution in [0.15, 0.2) is 11.1 Å². The number of aromatic amines is 1. The van der Waals surface area contributed by atoms with Crippen LogP contribution in [-0.4, -0.2) is 80.8 Å². The molecule has 0 spiro atoms. The molecule has 2 aromatic rings. The molecular formula is C14H24N5O14P3. The number of hydrogen-bond donors (Lipinski definition) is 8. The Balaban J connectivity index is 1.73. The quantitative estimate of drug-likeness (QED) is 0.114. The van der Waals surface area contributed by atoms with Crippen molar-refractivity contribution >= 4 is 40.6 Å². The van der Waals surface area contributed by atoms with Gasteiger partial charge in [-0.3, -0.25) is 18.9 Å². The van der Waals surface area contributed by atoms with Crippen LogP contribution in [0.4, 0.5) is 5.95 Å². The minimum atomic E-state index is -5.74. The second kappa shape index (κ2) is 11.0. The number of phosphoric ester groups is 1. The van der Waals surface area contributed by atoms with Gasteiger partial charge in [0.2, 0.25) is 5.95 Å². The average molecular weight is 579 g/mol. The molecule has 6 atom stereocenters. The number of aliphatic hydroxyl groups is 2. The molecule has 1 fully saturated rings. The van der Waals surface area contributed by atoms with Crippen LogP contribution in [0.2, 0.25) is 0 Å². The van der Waals surface area contributed by atoms with Crippen LogP contribution in [-0.2, 0) is 31.6 Å². The number of imidazole rings is 1. The van der Waals surface area contributed by atoms with E-state index in [-0.39, 0.29) is 17.1 Å². The summed E-state index contributed by atoms with van der Waals surface area (Å²) >= 11 is 0. The highest BCUT2D eigenvalue weighted by molar-refractivity contribution is 7.66. The summed E-state index contributed by atoms with van der Waals surface area (Å²) < 4.78 is 52.3. The fourth-order valence-electron chi connectivity index (χ4n) is 3.15. The summed E-state index contributed by atoms with van der Waals surface area (Å²) in [6.07, 6.45) is -3.51. The Kier molecular flexibility index (Phi) is 8.90. The highest BCUT2D eigenvalue weighted by Crippen LogP contribution is 2.66. The van der Waals surface area contributed by atoms with Crippen molar-refractivity contribution in [3.8, 4) is 0 Å². The first-order valence-corrected chi connectivity index (χ1v) is 14.7. The summed E-state index contributed by atoms with van der Waals surface area (Å²) in [4.78, 5) is 58.9. The molecule has 0 aliphatic carbocycles. The van der Waals surface area contributed by atoms with Crippen molar-refractivity contribution in [3.63, 3.8) is 0 Å². The largest absolute Gasteiger partial charge is 0.490 e. The van der Waals surface area contributed by atoms with Gasteiger partial charge in [-0.25, -0.2) is 18.7 Å². The number of fused-ring (bicyclic) bond motifs is 1. The van der Waals surface area contributed by atoms with Crippen molar-refractivity contribution < 1.29 is 61.4 Å². The molecule has 204 valence electrons. The second-order valence-corrected chi connectivity index (χ2v) is 11.9. The van der Waals surface area contributed by atoms with Gasteiger partial charge in [0.25, 0.3) is 5.56 Å². The van der Waals surface area contributed by atoms with E-state index in [1.54, 1.807) is 0 Å². The van der Waals surface area contributed by atoms with Crippen molar-refractivity contribution in [1.82, 2.24) is 19.5 Å². The average Bonchev–Trinajstić information content (AvgIpc) is 3.26. The molecule has 0 radical (unpaired) electrons. The van der Waals surface area contributed by atoms with Crippen molar-refractivity contribution in [2.24, 2.45) is 0 Å². The summed E-state index contributed by atoms with van der Waals surface area (Å²) in [5.74, 6) is 0.125. The normalized spacial score (nSPS) is 26.1. The summed E-state index contributed by atoms with van der Waals surface area (Å²) in [5.41, 5.74) is -0.699. The van der Waals surface area contributed by atoms with E-state index in [0.29, 0.717) is 6.54 Å². The van der Waals surface area contributed by atoms with Crippen molar-refractivity contribution in [2.75, 3.05) is 18.5 Å². The van der Waals surface area contributed by atoms with Gasteiger partial charge in [0, 0.05) is 6.54 Å². The maximum absolute atomic E-state index is 12.3. The smallest absolute Gasteiger partial charge is 0.387 e. The number of aromatic nitrogens is 4. The monoisotopic (exact) mass is 579 g/mol. The Hall–Kier alpha value is -1.56. The zero-order valence-electron chi connectivity index (χ0n) is 18.3. The molecule has 1 aliphatic heterocycles. The second-order valence-electron chi connectivity index (χ2n) is 7.45. The number of unbranched alkanes of at least 4 members (excludes halogenated alkanes) is 1. The Morgan fingerprint density at radius 1 is 1.14 bits per heavy atom. The first kappa shape index (κ1) is 29.0. The number of nitrogens with zero attached hydrogens (tertiary/aromatic N) is 3. The summed E-state index contributed by atoms with van der Waals surface area (Å²) in [6, 6.07) is 0. The number of nitrogens with one attached hydrogen (secondary N) is 2. The predicted octanol–water partition coefficient (Wildman–Crippen LogP) is -0.706. The molecule has 3 heterocycles. The van der Waals surface area contributed by atoms with E-state index in [4.69, 9.17) is 14.5 Å². The molecule has 36 heavy (non-hydrogen) atoms. The molecule has 0 bridgehead atoms. The van der Waals surface area contributed by atoms with E-state index in [1.807, 2.05) is 6.92 Å². The topological polar surface area (TPSA) is 285 Å². The van der Waals surface area contributed by atoms with Crippen LogP contribution in [0.3, 0.4) is 0 Å². The minimum absolute atomic E-state index is 0.0115. The molecule has 2 aromatic heterocycles. The van der Waals surface area contributed by atoms with Crippen LogP contribution >= 0.6 is 23.5 Å². The van der Waals surface area contributed by atoms with Gasteiger partial charge in [0.05, 0.1) is 12.9 Å². The molecule has 0 aromatic carbocycles. The number of H-pyrrole nitrogens is 1. The third kappa shape index (κ3) is 7.26. The molecule has 19 nitrogen and oxygen atoms in total. The van der Waals surface area contributed by atoms with Gasteiger partial charge < -0.3 is 39.8 Å². The van der Waals surface area contributed by atoms with Crippen LogP contribution in [0.1, 0.15) is 26.0 Å². The summed E-state index contributed by atoms with van der Waals surface area (Å²) in [6.45, 7) is 1.49. The number of hydrogen-bond acceptors (Lipinski definition) is 13. The lowest BCUT2D eigenvalue weighted by molar-refractivity contribution is -0.0503. The number of rotatable bonds is 12. The van der Waals surface area contributed by atoms with Crippen LogP contribution < -0.4 is 10.9 Å². The standard InChI is InChI=1S/C14H24N5O14P3/c1-2-3-4-15-14-17-11-8(12(22)18-14)16-6-19(11)13-10(21)9(20)7(31-13)5-30-35(26,27)33-36(28,29)32-34(23,24)25/h6-7,9-10,13,20-21H,2-5H2,1H3,(H,26,27)(H,28,29)(H2,23,24,25)(H2,15,17,18,22)/t7-,9-,10-,13?/m0/s1. The van der Waals surface area contributed by atoms with Crippen LogP contribution in [0, 0.1) is 0 Å². The number of phosphoric acid groups is 3. The maximum atomic E-state index is 12.3. The van der Waals surface area contributed by atoms with Crippen LogP contribution in [0.25, 0.3) is 11.2 Å². The third-order valence-electron chi connectivity index (χ3n) is 4.68. The molecule has 3 unspecified atom stereocenters. The highest BCUT2D eigenvalue weighted by Gasteiger charge is 2.47. The minimum Gasteiger partial charge on any atom is -0.387 e. The predicted molar refractivity (Wildman–Crippen MR) is 117 cm³/mol. The third-order valence-corrected chi connectivity index (χ3v) is 8.49. The van der Waals surface area contributed by atoms with Gasteiger partial charge in [-0.15, -0.1) is 0 Å². The van der Waals surface area contributed by atoms with Gasteiger partial charge in [-0.2, -0.15) is 13.6 Å². The molecule has 1 saturated heterocycles. The Bertz CT molecular complexity index is 1280. The molecule has 0 saturated carbocycles. The Labute approximate surface area is 201 Å². The lowest BCUT2D eigenvalue weighted by Crippen LogP contribution is -2.33. The van der Waals surface area contributed by atoms with Crippen molar-refractivity contribution in [1.29, 1.82) is 0 Å². The van der Waals surface area contributed by atoms with Gasteiger partial charge in [0.1, 0.15) is 18.3 Å². The van der Waals surface area contributed by atoms with Crippen molar-refractivity contribution in [3.05, 3.63) is 16.7 Å². The van der Waals surface area contributed by atoms with E-state index in [2.05, 4.69) is 33.4 Å². The van der Waals surface area contributed by atoms with E-state index < -0.39 is 60.2 Å². The number of anilines is 1. The SMILES string of the molecule is CCCCNc1nc2c(ncn2C2O[C@@H](COP(=O)(O)OP(=O)(O)OP(=O)(O)O)[C@H](O)[C@@H]2O)c(=O)[nH]1. The van der Waals surface area contributed by atoms with Gasteiger partial charge in [-0.05, 0) is 6.42 Å². The molecule has 3 rings (SSSR count). The lowest BCUT2D eigenvalue weighted by atomic mass is 10.1. The zero-order chi connectivity index (χ0) is 26.9. The molecule has 1 aliphatic rings. The van der Waals surface area contributed by atoms with Crippen molar-refractivity contribution in [2.45, 2.75) is 44.3 Å². The maximum Gasteiger partial charge on any atom is 0.490 e. The Morgan fingerprint density at radius 3 is 2.47 bits per heavy atom. The Morgan fingerprint density at radius 2 is 1.83 bits per heavy atom. The van der Waals surface area contributed by atoms with Gasteiger partial charge in [-0.1, -0.05) is 13.3 Å². The lowest BCUT2D eigenvalue weighted by Gasteiger charge is -2.19. The highest BCUT2D eigenvalue weighted by atomic mass is 31.3. The molecule has 8 N–H and O–H groups in total. The van der Waals surface area contributed by atoms with E-state index in [9.17, 15) is 38.5 Å². The van der Waals surface area contributed by atoms with Gasteiger partial charge in [0.15, 0.2) is 17.4 Å².